The molecule has 3 aromatic rings. The van der Waals surface area contributed by atoms with Crippen LogP contribution in [0.15, 0.2) is 28.9 Å². The zero-order chi connectivity index (χ0) is 17.1. The van der Waals surface area contributed by atoms with Gasteiger partial charge in [0, 0.05) is 13.5 Å². The minimum absolute atomic E-state index is 0.0422. The number of carbonyl (C=O) groups is 1. The van der Waals surface area contributed by atoms with E-state index < -0.39 is 0 Å². The molecule has 1 saturated heterocycles. The van der Waals surface area contributed by atoms with Crippen molar-refractivity contribution in [2.45, 2.75) is 25.8 Å². The minimum atomic E-state index is -0.0827. The highest BCUT2D eigenvalue weighted by atomic mass is 35.5. The van der Waals surface area contributed by atoms with Gasteiger partial charge in [0.1, 0.15) is 6.33 Å². The standard InChI is InChI=1S/C17H14ClN5O2/c1-9-20-21-16(25-9)14-15-12-6-3-7-22(12)17(24)13-10(18)4-2-5-11(13)23(15)8-19-14/h2,4-5,8,12H,3,6-7H2,1H3/t12-/m0/s1. The van der Waals surface area contributed by atoms with E-state index in [4.69, 9.17) is 16.0 Å². The van der Waals surface area contributed by atoms with Gasteiger partial charge in [-0.3, -0.25) is 9.36 Å². The average Bonchev–Trinajstić information content (AvgIpc) is 3.30. The van der Waals surface area contributed by atoms with E-state index in [0.717, 1.165) is 24.2 Å². The zero-order valence-electron chi connectivity index (χ0n) is 13.4. The lowest BCUT2D eigenvalue weighted by atomic mass is 10.1. The molecule has 1 fully saturated rings. The summed E-state index contributed by atoms with van der Waals surface area (Å²) in [6, 6.07) is 5.38. The van der Waals surface area contributed by atoms with Crippen LogP contribution in [0.25, 0.3) is 17.3 Å². The Morgan fingerprint density at radius 1 is 1.32 bits per heavy atom. The zero-order valence-corrected chi connectivity index (χ0v) is 14.2. The predicted octanol–water partition coefficient (Wildman–Crippen LogP) is 3.17. The molecular weight excluding hydrogens is 342 g/mol. The van der Waals surface area contributed by atoms with Gasteiger partial charge in [0.15, 0.2) is 5.69 Å². The number of benzene rings is 1. The molecule has 0 radical (unpaired) electrons. The highest BCUT2D eigenvalue weighted by Crippen LogP contribution is 2.43. The summed E-state index contributed by atoms with van der Waals surface area (Å²) in [6.45, 7) is 2.44. The maximum atomic E-state index is 13.1. The molecule has 2 aliphatic rings. The number of aryl methyl sites for hydroxylation is 1. The summed E-state index contributed by atoms with van der Waals surface area (Å²) in [6.07, 6.45) is 3.50. The van der Waals surface area contributed by atoms with E-state index in [1.165, 1.54) is 0 Å². The van der Waals surface area contributed by atoms with E-state index in [1.807, 2.05) is 21.6 Å². The van der Waals surface area contributed by atoms with Gasteiger partial charge in [-0.25, -0.2) is 4.98 Å². The Balaban J connectivity index is 1.82. The summed E-state index contributed by atoms with van der Waals surface area (Å²) in [5.74, 6) is 0.809. The van der Waals surface area contributed by atoms with Crippen molar-refractivity contribution in [1.29, 1.82) is 0 Å². The molecule has 8 heteroatoms. The van der Waals surface area contributed by atoms with Crippen molar-refractivity contribution in [3.63, 3.8) is 0 Å². The Morgan fingerprint density at radius 2 is 2.20 bits per heavy atom. The van der Waals surface area contributed by atoms with Crippen LogP contribution in [0.4, 0.5) is 0 Å². The highest BCUT2D eigenvalue weighted by molar-refractivity contribution is 6.34. The quantitative estimate of drug-likeness (QED) is 0.670. The van der Waals surface area contributed by atoms with Gasteiger partial charge in [-0.15, -0.1) is 10.2 Å². The number of aromatic nitrogens is 4. The van der Waals surface area contributed by atoms with Crippen molar-refractivity contribution in [3.8, 4) is 17.3 Å². The first-order valence-electron chi connectivity index (χ1n) is 8.12. The molecule has 25 heavy (non-hydrogen) atoms. The Bertz CT molecular complexity index is 1010. The fourth-order valence-electron chi connectivity index (χ4n) is 3.79. The molecule has 0 N–H and O–H groups in total. The molecule has 0 aliphatic carbocycles. The molecule has 2 aliphatic heterocycles. The number of fused-ring (bicyclic) bond motifs is 5. The normalized spacial score (nSPS) is 18.7. The van der Waals surface area contributed by atoms with Crippen LogP contribution in [0.5, 0.6) is 0 Å². The third-order valence-corrected chi connectivity index (χ3v) is 5.14. The van der Waals surface area contributed by atoms with Crippen LogP contribution in [0.3, 0.4) is 0 Å². The van der Waals surface area contributed by atoms with E-state index in [-0.39, 0.29) is 11.9 Å². The number of hydrogen-bond donors (Lipinski definition) is 0. The third-order valence-electron chi connectivity index (χ3n) is 4.83. The van der Waals surface area contributed by atoms with Crippen molar-refractivity contribution < 1.29 is 9.21 Å². The van der Waals surface area contributed by atoms with Crippen LogP contribution in [0, 0.1) is 6.92 Å². The predicted molar refractivity (Wildman–Crippen MR) is 89.6 cm³/mol. The van der Waals surface area contributed by atoms with Crippen LogP contribution in [-0.2, 0) is 0 Å². The number of amides is 1. The molecule has 0 bridgehead atoms. The largest absolute Gasteiger partial charge is 0.420 e. The van der Waals surface area contributed by atoms with Crippen molar-refractivity contribution in [2.75, 3.05) is 6.54 Å². The van der Waals surface area contributed by atoms with Gasteiger partial charge in [-0.2, -0.15) is 0 Å². The fourth-order valence-corrected chi connectivity index (χ4v) is 4.04. The van der Waals surface area contributed by atoms with Crippen LogP contribution in [-0.4, -0.2) is 37.1 Å². The van der Waals surface area contributed by atoms with Gasteiger partial charge < -0.3 is 9.32 Å². The van der Waals surface area contributed by atoms with Crippen molar-refractivity contribution in [2.24, 2.45) is 0 Å². The summed E-state index contributed by atoms with van der Waals surface area (Å²) in [4.78, 5) is 19.5. The maximum absolute atomic E-state index is 13.1. The molecule has 0 spiro atoms. The van der Waals surface area contributed by atoms with Gasteiger partial charge in [0.2, 0.25) is 5.89 Å². The lowest BCUT2D eigenvalue weighted by Crippen LogP contribution is -2.29. The van der Waals surface area contributed by atoms with Gasteiger partial charge >= 0.3 is 0 Å². The molecule has 7 nitrogen and oxygen atoms in total. The number of imidazole rings is 1. The molecule has 4 heterocycles. The summed E-state index contributed by atoms with van der Waals surface area (Å²) < 4.78 is 7.53. The van der Waals surface area contributed by atoms with Crippen LogP contribution < -0.4 is 0 Å². The monoisotopic (exact) mass is 355 g/mol. The molecule has 1 aromatic carbocycles. The highest BCUT2D eigenvalue weighted by Gasteiger charge is 2.40. The Morgan fingerprint density at radius 3 is 3.00 bits per heavy atom. The van der Waals surface area contributed by atoms with Crippen molar-refractivity contribution in [3.05, 3.63) is 46.7 Å². The van der Waals surface area contributed by atoms with Crippen molar-refractivity contribution in [1.82, 2.24) is 24.6 Å². The smallest absolute Gasteiger partial charge is 0.268 e. The van der Waals surface area contributed by atoms with Gasteiger partial charge in [-0.1, -0.05) is 17.7 Å². The fraction of sp³-hybridized carbons (Fsp3) is 0.294. The number of hydrogen-bond acceptors (Lipinski definition) is 5. The van der Waals surface area contributed by atoms with Gasteiger partial charge in [-0.05, 0) is 25.0 Å². The van der Waals surface area contributed by atoms with Crippen LogP contribution in [0.1, 0.15) is 40.8 Å². The molecule has 0 saturated carbocycles. The summed E-state index contributed by atoms with van der Waals surface area (Å²) in [5, 5.41) is 8.47. The first-order valence-corrected chi connectivity index (χ1v) is 8.50. The maximum Gasteiger partial charge on any atom is 0.268 e. The first kappa shape index (κ1) is 14.7. The molecule has 1 atom stereocenters. The molecule has 0 unspecified atom stereocenters. The third kappa shape index (κ3) is 1.99. The molecular formula is C17H14ClN5O2. The van der Waals surface area contributed by atoms with E-state index in [1.54, 1.807) is 19.3 Å². The van der Waals surface area contributed by atoms with Crippen LogP contribution >= 0.6 is 11.6 Å². The topological polar surface area (TPSA) is 77.1 Å². The van der Waals surface area contributed by atoms with E-state index in [0.29, 0.717) is 34.6 Å². The first-order chi connectivity index (χ1) is 12.1. The lowest BCUT2D eigenvalue weighted by Gasteiger charge is -2.22. The number of rotatable bonds is 1. The van der Waals surface area contributed by atoms with E-state index in [2.05, 4.69) is 15.2 Å². The summed E-state index contributed by atoms with van der Waals surface area (Å²) in [5.41, 5.74) is 2.77. The Kier molecular flexibility index (Phi) is 3.03. The lowest BCUT2D eigenvalue weighted by molar-refractivity contribution is 0.0739. The Hall–Kier alpha value is -2.67. The number of nitrogens with zero attached hydrogens (tertiary/aromatic N) is 5. The molecule has 126 valence electrons. The minimum Gasteiger partial charge on any atom is -0.420 e. The number of halogens is 1. The van der Waals surface area contributed by atoms with Crippen molar-refractivity contribution >= 4 is 17.5 Å². The van der Waals surface area contributed by atoms with E-state index >= 15 is 0 Å². The second kappa shape index (κ2) is 5.16. The van der Waals surface area contributed by atoms with E-state index in [9.17, 15) is 4.79 Å². The Labute approximate surface area is 148 Å². The molecule has 5 rings (SSSR count). The van der Waals surface area contributed by atoms with Gasteiger partial charge in [0.05, 0.1) is 28.0 Å². The SMILES string of the molecule is Cc1nnc(-c2ncn3c2[C@@H]2CCCN2C(=O)c2c(Cl)cccc2-3)o1. The van der Waals surface area contributed by atoms with Gasteiger partial charge in [0.25, 0.3) is 11.8 Å². The number of carbonyl (C=O) groups excluding carboxylic acids is 1. The molecule has 1 amide bonds. The molecule has 2 aromatic heterocycles. The average molecular weight is 356 g/mol. The second-order valence-electron chi connectivity index (χ2n) is 6.27. The summed E-state index contributed by atoms with van der Waals surface area (Å²) in [7, 11) is 0. The van der Waals surface area contributed by atoms with Crippen LogP contribution in [0.2, 0.25) is 5.02 Å². The second-order valence-corrected chi connectivity index (χ2v) is 6.67. The summed E-state index contributed by atoms with van der Waals surface area (Å²) >= 11 is 6.37.